The lowest BCUT2D eigenvalue weighted by atomic mass is 9.81. The van der Waals surface area contributed by atoms with Gasteiger partial charge in [-0.15, -0.1) is 0 Å². The second-order valence-electron chi connectivity index (χ2n) is 6.41. The zero-order chi connectivity index (χ0) is 16.7. The van der Waals surface area contributed by atoms with Crippen molar-refractivity contribution in [1.29, 1.82) is 0 Å². The number of fused-ring (bicyclic) bond motifs is 1. The van der Waals surface area contributed by atoms with Crippen LogP contribution in [-0.4, -0.2) is 31.8 Å². The molecular formula is C17H18N4O3. The Morgan fingerprint density at radius 2 is 1.75 bits per heavy atom. The Kier molecular flexibility index (Phi) is 3.63. The molecule has 24 heavy (non-hydrogen) atoms. The summed E-state index contributed by atoms with van der Waals surface area (Å²) < 4.78 is 5.32. The monoisotopic (exact) mass is 326 g/mol. The molecule has 1 aliphatic heterocycles. The summed E-state index contributed by atoms with van der Waals surface area (Å²) in [5, 5.41) is 3.96. The van der Waals surface area contributed by atoms with Gasteiger partial charge in [-0.25, -0.2) is 0 Å². The number of carbonyl (C=O) groups is 2. The largest absolute Gasteiger partial charge is 0.337 e. The van der Waals surface area contributed by atoms with Crippen molar-refractivity contribution in [2.24, 2.45) is 11.8 Å². The van der Waals surface area contributed by atoms with Gasteiger partial charge >= 0.3 is 0 Å². The van der Waals surface area contributed by atoms with Gasteiger partial charge in [0.15, 0.2) is 0 Å². The summed E-state index contributed by atoms with van der Waals surface area (Å²) in [6, 6.07) is 3.01. The number of rotatable bonds is 3. The van der Waals surface area contributed by atoms with Crippen molar-refractivity contribution < 1.29 is 14.1 Å². The molecule has 3 atom stereocenters. The Labute approximate surface area is 139 Å². The number of nitrogens with zero attached hydrogens (tertiary/aromatic N) is 4. The Morgan fingerprint density at radius 1 is 1.12 bits per heavy atom. The van der Waals surface area contributed by atoms with Crippen LogP contribution >= 0.6 is 0 Å². The highest BCUT2D eigenvalue weighted by Crippen LogP contribution is 2.41. The maximum Gasteiger partial charge on any atom is 0.249 e. The molecule has 0 bridgehead atoms. The van der Waals surface area contributed by atoms with Crippen molar-refractivity contribution in [2.75, 3.05) is 0 Å². The maximum absolute atomic E-state index is 12.6. The summed E-state index contributed by atoms with van der Waals surface area (Å²) in [6.45, 7) is 1.76. The lowest BCUT2D eigenvalue weighted by Crippen LogP contribution is -2.34. The molecule has 1 saturated carbocycles. The molecule has 124 valence electrons. The number of hydrogen-bond acceptors (Lipinski definition) is 6. The number of pyridine rings is 1. The topological polar surface area (TPSA) is 89.2 Å². The molecule has 1 saturated heterocycles. The summed E-state index contributed by atoms with van der Waals surface area (Å²) in [5.74, 6) is 0.173. The SMILES string of the molecule is C[C@H](c1nc(-c2ccncc2)no1)N1C(=O)[C@H]2CCCC[C@@H]2C1=O. The third-order valence-corrected chi connectivity index (χ3v) is 5.00. The fourth-order valence-corrected chi connectivity index (χ4v) is 3.70. The van der Waals surface area contributed by atoms with Gasteiger partial charge in [-0.3, -0.25) is 19.5 Å². The maximum atomic E-state index is 12.6. The van der Waals surface area contributed by atoms with E-state index in [1.54, 1.807) is 31.5 Å². The van der Waals surface area contributed by atoms with Crippen LogP contribution in [0.5, 0.6) is 0 Å². The van der Waals surface area contributed by atoms with Crippen molar-refractivity contribution in [3.63, 3.8) is 0 Å². The number of likely N-dealkylation sites (tertiary alicyclic amines) is 1. The van der Waals surface area contributed by atoms with Gasteiger partial charge in [0, 0.05) is 18.0 Å². The van der Waals surface area contributed by atoms with E-state index in [1.807, 2.05) is 0 Å². The van der Waals surface area contributed by atoms with Crippen LogP contribution in [-0.2, 0) is 9.59 Å². The number of carbonyl (C=O) groups excluding carboxylic acids is 2. The Morgan fingerprint density at radius 3 is 2.38 bits per heavy atom. The molecule has 2 fully saturated rings. The second kappa shape index (κ2) is 5.81. The summed E-state index contributed by atoms with van der Waals surface area (Å²) >= 11 is 0. The molecule has 2 aromatic rings. The number of aromatic nitrogens is 3. The predicted octanol–water partition coefficient (Wildman–Crippen LogP) is 2.37. The van der Waals surface area contributed by atoms with Crippen LogP contribution < -0.4 is 0 Å². The van der Waals surface area contributed by atoms with E-state index in [1.165, 1.54) is 4.90 Å². The third kappa shape index (κ3) is 2.31. The van der Waals surface area contributed by atoms with Crippen molar-refractivity contribution in [3.05, 3.63) is 30.4 Å². The molecule has 0 spiro atoms. The minimum absolute atomic E-state index is 0.0964. The molecule has 2 amide bonds. The molecule has 3 heterocycles. The van der Waals surface area contributed by atoms with Gasteiger partial charge < -0.3 is 4.52 Å². The van der Waals surface area contributed by atoms with Gasteiger partial charge in [0.25, 0.3) is 0 Å². The quantitative estimate of drug-likeness (QED) is 0.804. The predicted molar refractivity (Wildman–Crippen MR) is 83.2 cm³/mol. The summed E-state index contributed by atoms with van der Waals surface area (Å²) in [7, 11) is 0. The average molecular weight is 326 g/mol. The molecule has 0 aromatic carbocycles. The highest BCUT2D eigenvalue weighted by atomic mass is 16.5. The Hall–Kier alpha value is -2.57. The highest BCUT2D eigenvalue weighted by molar-refractivity contribution is 6.05. The van der Waals surface area contributed by atoms with Gasteiger partial charge in [-0.1, -0.05) is 18.0 Å². The van der Waals surface area contributed by atoms with E-state index in [0.29, 0.717) is 5.82 Å². The van der Waals surface area contributed by atoms with Gasteiger partial charge in [-0.2, -0.15) is 4.98 Å². The standard InChI is InChI=1S/C17H18N4O3/c1-10(15-19-14(20-24-15)11-6-8-18-9-7-11)21-16(22)12-4-2-3-5-13(12)17(21)23/h6-10,12-13H,2-5H2,1H3/t10-,12+,13+/m1/s1. The van der Waals surface area contributed by atoms with Crippen LogP contribution in [0.4, 0.5) is 0 Å². The third-order valence-electron chi connectivity index (χ3n) is 5.00. The Bertz CT molecular complexity index is 749. The molecular weight excluding hydrogens is 308 g/mol. The first-order valence-electron chi connectivity index (χ1n) is 8.27. The zero-order valence-electron chi connectivity index (χ0n) is 13.4. The first-order chi connectivity index (χ1) is 11.7. The molecule has 2 aromatic heterocycles. The molecule has 0 unspecified atom stereocenters. The fraction of sp³-hybridized carbons (Fsp3) is 0.471. The molecule has 2 aliphatic rings. The normalized spacial score (nSPS) is 25.0. The van der Waals surface area contributed by atoms with E-state index in [4.69, 9.17) is 4.52 Å². The number of imide groups is 1. The minimum Gasteiger partial charge on any atom is -0.337 e. The molecule has 1 aliphatic carbocycles. The van der Waals surface area contributed by atoms with Crippen molar-refractivity contribution in [2.45, 2.75) is 38.6 Å². The lowest BCUT2D eigenvalue weighted by molar-refractivity contribution is -0.143. The van der Waals surface area contributed by atoms with E-state index in [-0.39, 0.29) is 29.5 Å². The summed E-state index contributed by atoms with van der Waals surface area (Å²) in [5.41, 5.74) is 0.778. The van der Waals surface area contributed by atoms with Gasteiger partial charge in [0.05, 0.1) is 11.8 Å². The summed E-state index contributed by atoms with van der Waals surface area (Å²) in [4.78, 5) is 34.9. The number of hydrogen-bond donors (Lipinski definition) is 0. The highest BCUT2D eigenvalue weighted by Gasteiger charge is 2.50. The first-order valence-corrected chi connectivity index (χ1v) is 8.27. The van der Waals surface area contributed by atoms with Crippen LogP contribution in [0, 0.1) is 11.8 Å². The van der Waals surface area contributed by atoms with E-state index in [9.17, 15) is 9.59 Å². The first kappa shape index (κ1) is 15.0. The second-order valence-corrected chi connectivity index (χ2v) is 6.41. The summed E-state index contributed by atoms with van der Waals surface area (Å²) in [6.07, 6.45) is 6.90. The average Bonchev–Trinajstić information content (AvgIpc) is 3.20. The molecule has 7 nitrogen and oxygen atoms in total. The van der Waals surface area contributed by atoms with E-state index in [2.05, 4.69) is 15.1 Å². The Balaban J connectivity index is 1.60. The molecule has 0 N–H and O–H groups in total. The zero-order valence-corrected chi connectivity index (χ0v) is 13.4. The molecule has 0 radical (unpaired) electrons. The van der Waals surface area contributed by atoms with Crippen LogP contribution in [0.2, 0.25) is 0 Å². The van der Waals surface area contributed by atoms with Crippen molar-refractivity contribution in [1.82, 2.24) is 20.0 Å². The van der Waals surface area contributed by atoms with Gasteiger partial charge in [-0.05, 0) is 31.9 Å². The van der Waals surface area contributed by atoms with Gasteiger partial charge in [0.2, 0.25) is 23.5 Å². The van der Waals surface area contributed by atoms with Crippen LogP contribution in [0.25, 0.3) is 11.4 Å². The van der Waals surface area contributed by atoms with E-state index in [0.717, 1.165) is 31.2 Å². The molecule has 4 rings (SSSR count). The number of amides is 2. The van der Waals surface area contributed by atoms with Crippen LogP contribution in [0.3, 0.4) is 0 Å². The fourth-order valence-electron chi connectivity index (χ4n) is 3.70. The van der Waals surface area contributed by atoms with Crippen LogP contribution in [0.15, 0.2) is 29.0 Å². The van der Waals surface area contributed by atoms with E-state index >= 15 is 0 Å². The van der Waals surface area contributed by atoms with E-state index < -0.39 is 6.04 Å². The smallest absolute Gasteiger partial charge is 0.249 e. The van der Waals surface area contributed by atoms with Crippen molar-refractivity contribution in [3.8, 4) is 11.4 Å². The van der Waals surface area contributed by atoms with Crippen molar-refractivity contribution >= 4 is 11.8 Å². The van der Waals surface area contributed by atoms with Gasteiger partial charge in [0.1, 0.15) is 6.04 Å². The molecule has 7 heteroatoms. The lowest BCUT2D eigenvalue weighted by Gasteiger charge is -2.19. The minimum atomic E-state index is -0.543. The van der Waals surface area contributed by atoms with Crippen LogP contribution in [0.1, 0.15) is 44.5 Å².